The quantitative estimate of drug-likeness (QED) is 0.610. The van der Waals surface area contributed by atoms with E-state index >= 15 is 0 Å². The van der Waals surface area contributed by atoms with Gasteiger partial charge in [-0.15, -0.1) is 10.2 Å². The molecule has 0 radical (unpaired) electrons. The molecule has 2 rings (SSSR count). The van der Waals surface area contributed by atoms with Gasteiger partial charge in [0, 0.05) is 13.0 Å². The average molecular weight is 192 g/mol. The fourth-order valence-corrected chi connectivity index (χ4v) is 1.15. The summed E-state index contributed by atoms with van der Waals surface area (Å²) in [6, 6.07) is 1.64. The normalized spacial score (nSPS) is 10.4. The number of rotatable bonds is 1. The summed E-state index contributed by atoms with van der Waals surface area (Å²) in [5.41, 5.74) is 1.17. The fraction of sp³-hybridized carbons (Fsp3) is 0.250. The predicted octanol–water partition coefficient (Wildman–Crippen LogP) is 0.358. The van der Waals surface area contributed by atoms with Crippen LogP contribution in [-0.4, -0.2) is 25.8 Å². The number of aromatic nitrogens is 4. The lowest BCUT2D eigenvalue weighted by atomic mass is 10.4. The summed E-state index contributed by atoms with van der Waals surface area (Å²) in [5.74, 6) is -0.0111. The van der Waals surface area contributed by atoms with Crippen LogP contribution in [0.4, 0.5) is 0 Å². The van der Waals surface area contributed by atoms with E-state index in [2.05, 4.69) is 15.3 Å². The molecule has 6 nitrogen and oxygen atoms in total. The standard InChI is InChI=1S/C8H8N4O2/c1-5-3-7(14-6(2)13)8-10-9-4-12(8)11-5/h3-4H,1-2H3. The van der Waals surface area contributed by atoms with E-state index in [-0.39, 0.29) is 5.97 Å². The molecule has 2 aromatic heterocycles. The Bertz CT molecular complexity index is 491. The zero-order chi connectivity index (χ0) is 10.1. The molecule has 0 aromatic carbocycles. The van der Waals surface area contributed by atoms with Gasteiger partial charge in [-0.1, -0.05) is 0 Å². The fourth-order valence-electron chi connectivity index (χ4n) is 1.15. The van der Waals surface area contributed by atoms with Crippen molar-refractivity contribution in [2.24, 2.45) is 0 Å². The average Bonchev–Trinajstić information content (AvgIpc) is 2.50. The van der Waals surface area contributed by atoms with Gasteiger partial charge >= 0.3 is 5.97 Å². The van der Waals surface area contributed by atoms with Crippen LogP contribution in [0.3, 0.4) is 0 Å². The first-order valence-electron chi connectivity index (χ1n) is 4.03. The number of aryl methyl sites for hydroxylation is 1. The van der Waals surface area contributed by atoms with Crippen molar-refractivity contribution in [3.05, 3.63) is 18.1 Å². The van der Waals surface area contributed by atoms with Gasteiger partial charge in [-0.05, 0) is 6.92 Å². The van der Waals surface area contributed by atoms with Crippen molar-refractivity contribution < 1.29 is 9.53 Å². The van der Waals surface area contributed by atoms with Crippen LogP contribution in [0, 0.1) is 6.92 Å². The molecular formula is C8H8N4O2. The Balaban J connectivity index is 2.60. The molecule has 0 atom stereocenters. The Morgan fingerprint density at radius 2 is 2.36 bits per heavy atom. The Labute approximate surface area is 79.5 Å². The van der Waals surface area contributed by atoms with Gasteiger partial charge in [-0.3, -0.25) is 4.79 Å². The van der Waals surface area contributed by atoms with Crippen LogP contribution in [0.15, 0.2) is 12.4 Å². The lowest BCUT2D eigenvalue weighted by Crippen LogP contribution is -2.05. The molecule has 0 amide bonds. The van der Waals surface area contributed by atoms with Crippen LogP contribution < -0.4 is 4.74 Å². The lowest BCUT2D eigenvalue weighted by molar-refractivity contribution is -0.131. The monoisotopic (exact) mass is 192 g/mol. The largest absolute Gasteiger partial charge is 0.423 e. The van der Waals surface area contributed by atoms with Gasteiger partial charge in [0.15, 0.2) is 5.75 Å². The van der Waals surface area contributed by atoms with E-state index in [0.29, 0.717) is 11.4 Å². The van der Waals surface area contributed by atoms with E-state index in [9.17, 15) is 4.79 Å². The first-order valence-corrected chi connectivity index (χ1v) is 4.03. The number of carbonyl (C=O) groups excluding carboxylic acids is 1. The predicted molar refractivity (Wildman–Crippen MR) is 46.8 cm³/mol. The molecule has 0 unspecified atom stereocenters. The Kier molecular flexibility index (Phi) is 1.88. The summed E-state index contributed by atoms with van der Waals surface area (Å²) in [7, 11) is 0. The van der Waals surface area contributed by atoms with Gasteiger partial charge in [-0.25, -0.2) is 0 Å². The number of ether oxygens (including phenoxy) is 1. The Hall–Kier alpha value is -1.98. The van der Waals surface area contributed by atoms with Gasteiger partial charge in [0.05, 0.1) is 5.69 Å². The highest BCUT2D eigenvalue weighted by Crippen LogP contribution is 2.17. The lowest BCUT2D eigenvalue weighted by Gasteiger charge is -2.02. The highest BCUT2D eigenvalue weighted by molar-refractivity contribution is 5.72. The smallest absolute Gasteiger partial charge is 0.308 e. The molecule has 0 N–H and O–H groups in total. The third kappa shape index (κ3) is 1.41. The number of hydrogen-bond acceptors (Lipinski definition) is 5. The van der Waals surface area contributed by atoms with Crippen molar-refractivity contribution in [3.63, 3.8) is 0 Å². The molecule has 14 heavy (non-hydrogen) atoms. The van der Waals surface area contributed by atoms with E-state index in [1.54, 1.807) is 13.0 Å². The molecule has 0 aliphatic heterocycles. The Morgan fingerprint density at radius 3 is 3.07 bits per heavy atom. The summed E-state index contributed by atoms with van der Waals surface area (Å²) in [5, 5.41) is 11.6. The van der Waals surface area contributed by atoms with E-state index in [4.69, 9.17) is 4.74 Å². The third-order valence-electron chi connectivity index (χ3n) is 1.61. The van der Waals surface area contributed by atoms with Crippen LogP contribution in [0.25, 0.3) is 5.65 Å². The van der Waals surface area contributed by atoms with Crippen LogP contribution in [0.5, 0.6) is 5.75 Å². The minimum absolute atomic E-state index is 0.377. The number of hydrogen-bond donors (Lipinski definition) is 0. The molecule has 0 aliphatic rings. The summed E-state index contributed by atoms with van der Waals surface area (Å²) in [4.78, 5) is 10.8. The topological polar surface area (TPSA) is 69.4 Å². The van der Waals surface area contributed by atoms with Crippen molar-refractivity contribution >= 4 is 11.6 Å². The molecule has 2 heterocycles. The summed E-state index contributed by atoms with van der Waals surface area (Å²) < 4.78 is 6.43. The maximum atomic E-state index is 10.8. The highest BCUT2D eigenvalue weighted by atomic mass is 16.5. The molecule has 0 fully saturated rings. The van der Waals surface area contributed by atoms with Crippen LogP contribution >= 0.6 is 0 Å². The summed E-state index contributed by atoms with van der Waals surface area (Å²) in [6.07, 6.45) is 1.45. The second-order valence-corrected chi connectivity index (χ2v) is 2.84. The van der Waals surface area contributed by atoms with Crippen LogP contribution in [0.1, 0.15) is 12.6 Å². The van der Waals surface area contributed by atoms with Gasteiger partial charge < -0.3 is 4.74 Å². The third-order valence-corrected chi connectivity index (χ3v) is 1.61. The minimum Gasteiger partial charge on any atom is -0.423 e. The van der Waals surface area contributed by atoms with Crippen molar-refractivity contribution in [2.45, 2.75) is 13.8 Å². The second kappa shape index (κ2) is 3.06. The highest BCUT2D eigenvalue weighted by Gasteiger charge is 2.08. The maximum Gasteiger partial charge on any atom is 0.308 e. The first kappa shape index (κ1) is 8.61. The molecule has 6 heteroatoms. The second-order valence-electron chi connectivity index (χ2n) is 2.84. The minimum atomic E-state index is -0.388. The van der Waals surface area contributed by atoms with Gasteiger partial charge in [0.2, 0.25) is 5.65 Å². The first-order chi connectivity index (χ1) is 6.66. The molecule has 0 saturated heterocycles. The number of fused-ring (bicyclic) bond motifs is 1. The molecule has 2 aromatic rings. The van der Waals surface area contributed by atoms with Gasteiger partial charge in [0.25, 0.3) is 0 Å². The maximum absolute atomic E-state index is 10.8. The van der Waals surface area contributed by atoms with Gasteiger partial charge in [-0.2, -0.15) is 9.61 Å². The van der Waals surface area contributed by atoms with Gasteiger partial charge in [0.1, 0.15) is 6.33 Å². The number of carbonyl (C=O) groups is 1. The molecule has 0 bridgehead atoms. The molecule has 0 spiro atoms. The van der Waals surface area contributed by atoms with E-state index < -0.39 is 0 Å². The van der Waals surface area contributed by atoms with Crippen molar-refractivity contribution in [3.8, 4) is 5.75 Å². The molecular weight excluding hydrogens is 184 g/mol. The van der Waals surface area contributed by atoms with E-state index in [1.807, 2.05) is 0 Å². The summed E-state index contributed by atoms with van der Waals surface area (Å²) >= 11 is 0. The zero-order valence-corrected chi connectivity index (χ0v) is 7.76. The molecule has 0 aliphatic carbocycles. The van der Waals surface area contributed by atoms with Crippen molar-refractivity contribution in [1.82, 2.24) is 19.8 Å². The van der Waals surface area contributed by atoms with E-state index in [1.165, 1.54) is 17.8 Å². The number of nitrogens with zero attached hydrogens (tertiary/aromatic N) is 4. The van der Waals surface area contributed by atoms with E-state index in [0.717, 1.165) is 5.69 Å². The molecule has 72 valence electrons. The number of esters is 1. The SMILES string of the molecule is CC(=O)Oc1cc(C)nn2cnnc12. The Morgan fingerprint density at radius 1 is 1.57 bits per heavy atom. The molecule has 0 saturated carbocycles. The van der Waals surface area contributed by atoms with Crippen molar-refractivity contribution in [1.29, 1.82) is 0 Å². The zero-order valence-electron chi connectivity index (χ0n) is 7.76. The van der Waals surface area contributed by atoms with Crippen molar-refractivity contribution in [2.75, 3.05) is 0 Å². The van der Waals surface area contributed by atoms with Crippen LogP contribution in [0.2, 0.25) is 0 Å². The van der Waals surface area contributed by atoms with Crippen LogP contribution in [-0.2, 0) is 4.79 Å². The summed E-state index contributed by atoms with van der Waals surface area (Å²) in [6.45, 7) is 3.13.